The summed E-state index contributed by atoms with van der Waals surface area (Å²) in [7, 11) is 0. The van der Waals surface area contributed by atoms with Gasteiger partial charge in [-0.1, -0.05) is 34.1 Å². The Hall–Kier alpha value is -2.93. The summed E-state index contributed by atoms with van der Waals surface area (Å²) in [5.41, 5.74) is 4.14. The van der Waals surface area contributed by atoms with E-state index in [4.69, 9.17) is 0 Å². The molecule has 0 radical (unpaired) electrons. The molecule has 5 rings (SSSR count). The SMILES string of the molecule is O=C(CN1C(=O)c2ccc(Br)cc2C1=O)NC1Cc2[nH]c3ccccc3c2C1. The molecule has 0 bridgehead atoms. The van der Waals surface area contributed by atoms with Crippen LogP contribution in [0.3, 0.4) is 0 Å². The number of fused-ring (bicyclic) bond motifs is 4. The van der Waals surface area contributed by atoms with E-state index in [1.54, 1.807) is 18.2 Å². The third-order valence-electron chi connectivity index (χ3n) is 5.40. The van der Waals surface area contributed by atoms with Crippen molar-refractivity contribution in [1.29, 1.82) is 0 Å². The topological polar surface area (TPSA) is 82.3 Å². The second-order valence-corrected chi connectivity index (χ2v) is 8.10. The van der Waals surface area contributed by atoms with E-state index in [1.165, 1.54) is 10.9 Å². The first kappa shape index (κ1) is 17.2. The van der Waals surface area contributed by atoms with Crippen LogP contribution in [-0.2, 0) is 17.6 Å². The lowest BCUT2D eigenvalue weighted by Gasteiger charge is -2.17. The molecule has 2 aliphatic rings. The number of hydrogen-bond acceptors (Lipinski definition) is 3. The molecule has 0 saturated heterocycles. The molecular weight excluding hydrogens is 422 g/mol. The predicted molar refractivity (Wildman–Crippen MR) is 107 cm³/mol. The molecular formula is C21H16BrN3O3. The maximum atomic E-state index is 12.5. The van der Waals surface area contributed by atoms with Gasteiger partial charge in [0.25, 0.3) is 11.8 Å². The summed E-state index contributed by atoms with van der Waals surface area (Å²) in [5, 5.41) is 4.15. The zero-order chi connectivity index (χ0) is 19.4. The average Bonchev–Trinajstić information content (AvgIpc) is 3.28. The van der Waals surface area contributed by atoms with Crippen LogP contribution in [-0.4, -0.2) is 40.2 Å². The van der Waals surface area contributed by atoms with Crippen LogP contribution in [0.2, 0.25) is 0 Å². The van der Waals surface area contributed by atoms with Crippen LogP contribution in [0.25, 0.3) is 10.9 Å². The van der Waals surface area contributed by atoms with E-state index >= 15 is 0 Å². The molecule has 1 aromatic heterocycles. The van der Waals surface area contributed by atoms with Crippen molar-refractivity contribution in [3.05, 3.63) is 69.3 Å². The molecule has 140 valence electrons. The van der Waals surface area contributed by atoms with Crippen molar-refractivity contribution in [3.63, 3.8) is 0 Å². The van der Waals surface area contributed by atoms with Crippen molar-refractivity contribution in [2.45, 2.75) is 18.9 Å². The molecule has 6 nitrogen and oxygen atoms in total. The molecule has 1 aliphatic carbocycles. The Labute approximate surface area is 169 Å². The van der Waals surface area contributed by atoms with Gasteiger partial charge in [-0.25, -0.2) is 0 Å². The lowest BCUT2D eigenvalue weighted by atomic mass is 10.1. The molecule has 2 N–H and O–H groups in total. The van der Waals surface area contributed by atoms with Crippen molar-refractivity contribution in [2.75, 3.05) is 6.54 Å². The molecule has 1 atom stereocenters. The number of halogens is 1. The summed E-state index contributed by atoms with van der Waals surface area (Å²) in [4.78, 5) is 41.9. The summed E-state index contributed by atoms with van der Waals surface area (Å²) in [6.45, 7) is -0.269. The van der Waals surface area contributed by atoms with Crippen LogP contribution in [0.15, 0.2) is 46.9 Å². The Morgan fingerprint density at radius 1 is 1.11 bits per heavy atom. The van der Waals surface area contributed by atoms with Gasteiger partial charge in [0, 0.05) is 33.5 Å². The normalized spacial score (nSPS) is 17.9. The van der Waals surface area contributed by atoms with Gasteiger partial charge in [-0.2, -0.15) is 0 Å². The highest BCUT2D eigenvalue weighted by Crippen LogP contribution is 2.30. The zero-order valence-corrected chi connectivity index (χ0v) is 16.4. The van der Waals surface area contributed by atoms with E-state index < -0.39 is 11.8 Å². The van der Waals surface area contributed by atoms with Crippen molar-refractivity contribution in [1.82, 2.24) is 15.2 Å². The average molecular weight is 438 g/mol. The van der Waals surface area contributed by atoms with E-state index in [9.17, 15) is 14.4 Å². The van der Waals surface area contributed by atoms with E-state index in [1.807, 2.05) is 18.2 Å². The number of nitrogens with zero attached hydrogens (tertiary/aromatic N) is 1. The molecule has 7 heteroatoms. The maximum Gasteiger partial charge on any atom is 0.262 e. The minimum Gasteiger partial charge on any atom is -0.358 e. The van der Waals surface area contributed by atoms with Crippen LogP contribution < -0.4 is 5.32 Å². The second kappa shape index (κ2) is 6.31. The van der Waals surface area contributed by atoms with Gasteiger partial charge in [0.05, 0.1) is 11.1 Å². The van der Waals surface area contributed by atoms with Crippen LogP contribution in [0.4, 0.5) is 0 Å². The van der Waals surface area contributed by atoms with Gasteiger partial charge in [0.2, 0.25) is 5.91 Å². The van der Waals surface area contributed by atoms with Gasteiger partial charge < -0.3 is 10.3 Å². The Morgan fingerprint density at radius 3 is 2.75 bits per heavy atom. The Balaban J connectivity index is 1.27. The van der Waals surface area contributed by atoms with Crippen LogP contribution in [0.5, 0.6) is 0 Å². The third kappa shape index (κ3) is 2.65. The lowest BCUT2D eigenvalue weighted by Crippen LogP contribution is -2.44. The van der Waals surface area contributed by atoms with Crippen LogP contribution in [0.1, 0.15) is 32.0 Å². The number of aromatic amines is 1. The molecule has 0 spiro atoms. The Kier molecular flexibility index (Phi) is 3.87. The standard InChI is InChI=1S/C21H16BrN3O3/c22-11-5-6-14-16(7-11)21(28)25(20(14)27)10-19(26)23-12-8-15-13-3-1-2-4-17(13)24-18(15)9-12/h1-7,12,24H,8-10H2,(H,23,26). The van der Waals surface area contributed by atoms with Crippen molar-refractivity contribution in [2.24, 2.45) is 0 Å². The molecule has 3 amide bonds. The summed E-state index contributed by atoms with van der Waals surface area (Å²) in [5.74, 6) is -1.18. The third-order valence-corrected chi connectivity index (χ3v) is 5.90. The molecule has 0 saturated carbocycles. The van der Waals surface area contributed by atoms with Gasteiger partial charge in [0.1, 0.15) is 6.54 Å². The maximum absolute atomic E-state index is 12.5. The first-order chi connectivity index (χ1) is 13.5. The van der Waals surface area contributed by atoms with Crippen molar-refractivity contribution >= 4 is 44.6 Å². The predicted octanol–water partition coefficient (Wildman–Crippen LogP) is 2.81. The smallest absolute Gasteiger partial charge is 0.262 e. The van der Waals surface area contributed by atoms with Gasteiger partial charge in [0.15, 0.2) is 0 Å². The van der Waals surface area contributed by atoms with Crippen molar-refractivity contribution in [3.8, 4) is 0 Å². The van der Waals surface area contributed by atoms with E-state index in [-0.39, 0.29) is 18.5 Å². The fraction of sp³-hybridized carbons (Fsp3) is 0.190. The van der Waals surface area contributed by atoms with Gasteiger partial charge in [-0.15, -0.1) is 0 Å². The lowest BCUT2D eigenvalue weighted by molar-refractivity contribution is -0.122. The van der Waals surface area contributed by atoms with Crippen LogP contribution >= 0.6 is 15.9 Å². The number of imide groups is 1. The molecule has 28 heavy (non-hydrogen) atoms. The monoisotopic (exact) mass is 437 g/mol. The highest BCUT2D eigenvalue weighted by Gasteiger charge is 2.37. The van der Waals surface area contributed by atoms with Gasteiger partial charge in [-0.3, -0.25) is 19.3 Å². The zero-order valence-electron chi connectivity index (χ0n) is 14.8. The molecule has 1 aliphatic heterocycles. The molecule has 2 heterocycles. The molecule has 1 unspecified atom stereocenters. The highest BCUT2D eigenvalue weighted by atomic mass is 79.9. The first-order valence-electron chi connectivity index (χ1n) is 9.05. The summed E-state index contributed by atoms with van der Waals surface area (Å²) >= 11 is 3.30. The van der Waals surface area contributed by atoms with E-state index in [2.05, 4.69) is 32.3 Å². The number of carbonyl (C=O) groups excluding carboxylic acids is 3. The number of nitrogens with one attached hydrogen (secondary N) is 2. The Bertz CT molecular complexity index is 1170. The number of rotatable bonds is 3. The summed E-state index contributed by atoms with van der Waals surface area (Å²) in [6.07, 6.45) is 1.45. The summed E-state index contributed by atoms with van der Waals surface area (Å²) < 4.78 is 0.720. The fourth-order valence-corrected chi connectivity index (χ4v) is 4.51. The second-order valence-electron chi connectivity index (χ2n) is 7.19. The van der Waals surface area contributed by atoms with Gasteiger partial charge in [-0.05, 0) is 36.2 Å². The summed E-state index contributed by atoms with van der Waals surface area (Å²) in [6, 6.07) is 13.0. The van der Waals surface area contributed by atoms with E-state index in [0.717, 1.165) is 27.0 Å². The molecule has 3 aromatic rings. The highest BCUT2D eigenvalue weighted by molar-refractivity contribution is 9.10. The molecule has 2 aromatic carbocycles. The quantitative estimate of drug-likeness (QED) is 0.618. The Morgan fingerprint density at radius 2 is 1.89 bits per heavy atom. The number of benzene rings is 2. The number of para-hydroxylation sites is 1. The first-order valence-corrected chi connectivity index (χ1v) is 9.84. The van der Waals surface area contributed by atoms with Crippen LogP contribution in [0, 0.1) is 0 Å². The largest absolute Gasteiger partial charge is 0.358 e. The number of aromatic nitrogens is 1. The van der Waals surface area contributed by atoms with Gasteiger partial charge >= 0.3 is 0 Å². The number of H-pyrrole nitrogens is 1. The molecule has 0 fully saturated rings. The number of amides is 3. The van der Waals surface area contributed by atoms with E-state index in [0.29, 0.717) is 17.5 Å². The minimum atomic E-state index is -0.431. The van der Waals surface area contributed by atoms with Crippen molar-refractivity contribution < 1.29 is 14.4 Å². The number of hydrogen-bond donors (Lipinski definition) is 2. The minimum absolute atomic E-state index is 0.0392. The fourth-order valence-electron chi connectivity index (χ4n) is 4.15. The number of carbonyl (C=O) groups is 3.